The van der Waals surface area contributed by atoms with Crippen LogP contribution in [0.2, 0.25) is 0 Å². The molecule has 0 N–H and O–H groups in total. The predicted molar refractivity (Wildman–Crippen MR) is 68.4 cm³/mol. The Labute approximate surface area is 116 Å². The fraction of sp³-hybridized carbons (Fsp3) is 0.462. The maximum Gasteiger partial charge on any atom is 0.331 e. The van der Waals surface area contributed by atoms with E-state index in [0.717, 1.165) is 0 Å². The molecule has 7 nitrogen and oxygen atoms in total. The van der Waals surface area contributed by atoms with Crippen LogP contribution in [0, 0.1) is 0 Å². The van der Waals surface area contributed by atoms with Gasteiger partial charge in [0.05, 0.1) is 33.0 Å². The van der Waals surface area contributed by atoms with Crippen molar-refractivity contribution in [1.29, 1.82) is 0 Å². The van der Waals surface area contributed by atoms with Crippen LogP contribution in [0.25, 0.3) is 0 Å². The van der Waals surface area contributed by atoms with Crippen LogP contribution in [0.1, 0.15) is 10.4 Å². The van der Waals surface area contributed by atoms with Gasteiger partial charge >= 0.3 is 5.97 Å². The molecule has 108 valence electrons. The van der Waals surface area contributed by atoms with Gasteiger partial charge in [-0.05, 0) is 6.07 Å². The SMILES string of the molecule is COC(=O)C1COCCN1C(=O)c1ccc(OC)nc1. The highest BCUT2D eigenvalue weighted by atomic mass is 16.5. The van der Waals surface area contributed by atoms with Crippen molar-refractivity contribution in [1.82, 2.24) is 9.88 Å². The van der Waals surface area contributed by atoms with Crippen molar-refractivity contribution >= 4 is 11.9 Å². The third kappa shape index (κ3) is 2.88. The van der Waals surface area contributed by atoms with E-state index in [4.69, 9.17) is 14.2 Å². The second-order valence-corrected chi connectivity index (χ2v) is 4.20. The van der Waals surface area contributed by atoms with E-state index in [1.807, 2.05) is 0 Å². The number of methoxy groups -OCH3 is 2. The number of aromatic nitrogens is 1. The molecule has 2 rings (SSSR count). The molecule has 20 heavy (non-hydrogen) atoms. The van der Waals surface area contributed by atoms with Gasteiger partial charge in [0.2, 0.25) is 5.88 Å². The molecule has 0 spiro atoms. The summed E-state index contributed by atoms with van der Waals surface area (Å²) in [7, 11) is 2.79. The van der Waals surface area contributed by atoms with Crippen LogP contribution in [0.15, 0.2) is 18.3 Å². The molecular weight excluding hydrogens is 264 g/mol. The number of pyridine rings is 1. The Kier molecular flexibility index (Phi) is 4.52. The van der Waals surface area contributed by atoms with Crippen LogP contribution in [0.5, 0.6) is 5.88 Å². The zero-order valence-electron chi connectivity index (χ0n) is 11.4. The van der Waals surface area contributed by atoms with Gasteiger partial charge in [-0.25, -0.2) is 9.78 Å². The van der Waals surface area contributed by atoms with E-state index in [-0.39, 0.29) is 12.5 Å². The molecule has 1 aliphatic heterocycles. The maximum atomic E-state index is 12.4. The summed E-state index contributed by atoms with van der Waals surface area (Å²) in [5, 5.41) is 0. The maximum absolute atomic E-state index is 12.4. The lowest BCUT2D eigenvalue weighted by Gasteiger charge is -2.33. The number of hydrogen-bond acceptors (Lipinski definition) is 6. The molecule has 0 radical (unpaired) electrons. The summed E-state index contributed by atoms with van der Waals surface area (Å²) in [6.45, 7) is 0.870. The number of ether oxygens (including phenoxy) is 3. The fourth-order valence-electron chi connectivity index (χ4n) is 1.97. The Bertz CT molecular complexity index is 488. The van der Waals surface area contributed by atoms with E-state index in [0.29, 0.717) is 24.6 Å². The van der Waals surface area contributed by atoms with E-state index >= 15 is 0 Å². The highest BCUT2D eigenvalue weighted by molar-refractivity contribution is 5.96. The number of morpholine rings is 1. The molecule has 0 bridgehead atoms. The summed E-state index contributed by atoms with van der Waals surface area (Å²) in [6.07, 6.45) is 1.42. The molecule has 1 aromatic heterocycles. The van der Waals surface area contributed by atoms with Gasteiger partial charge in [-0.15, -0.1) is 0 Å². The molecule has 0 aliphatic carbocycles. The first-order valence-electron chi connectivity index (χ1n) is 6.14. The number of hydrogen-bond donors (Lipinski definition) is 0. The molecule has 1 aromatic rings. The molecular formula is C13H16N2O5. The predicted octanol–water partition coefficient (Wildman–Crippen LogP) is 0.104. The number of esters is 1. The quantitative estimate of drug-likeness (QED) is 0.731. The Morgan fingerprint density at radius 3 is 2.80 bits per heavy atom. The zero-order valence-corrected chi connectivity index (χ0v) is 11.4. The molecule has 1 aliphatic rings. The lowest BCUT2D eigenvalue weighted by atomic mass is 10.1. The lowest BCUT2D eigenvalue weighted by Crippen LogP contribution is -2.53. The van der Waals surface area contributed by atoms with Crippen molar-refractivity contribution < 1.29 is 23.8 Å². The van der Waals surface area contributed by atoms with Crippen molar-refractivity contribution in [2.45, 2.75) is 6.04 Å². The van der Waals surface area contributed by atoms with Gasteiger partial charge < -0.3 is 19.1 Å². The summed E-state index contributed by atoms with van der Waals surface area (Å²) >= 11 is 0. The molecule has 1 saturated heterocycles. The van der Waals surface area contributed by atoms with Crippen LogP contribution in [0.3, 0.4) is 0 Å². The summed E-state index contributed by atoms with van der Waals surface area (Å²) in [5.74, 6) is -0.341. The third-order valence-corrected chi connectivity index (χ3v) is 3.06. The van der Waals surface area contributed by atoms with Crippen LogP contribution >= 0.6 is 0 Å². The number of nitrogens with zero attached hydrogens (tertiary/aromatic N) is 2. The van der Waals surface area contributed by atoms with Gasteiger partial charge in [-0.3, -0.25) is 4.79 Å². The second-order valence-electron chi connectivity index (χ2n) is 4.20. The minimum absolute atomic E-state index is 0.141. The molecule has 7 heteroatoms. The first-order valence-corrected chi connectivity index (χ1v) is 6.14. The summed E-state index contributed by atoms with van der Waals surface area (Å²) in [5.41, 5.74) is 0.390. The number of carbonyl (C=O) groups excluding carboxylic acids is 2. The first kappa shape index (κ1) is 14.3. The van der Waals surface area contributed by atoms with Crippen LogP contribution in [-0.2, 0) is 14.3 Å². The van der Waals surface area contributed by atoms with Crippen molar-refractivity contribution in [3.63, 3.8) is 0 Å². The van der Waals surface area contributed by atoms with Crippen molar-refractivity contribution in [3.8, 4) is 5.88 Å². The second kappa shape index (κ2) is 6.33. The normalized spacial score (nSPS) is 18.5. The number of amides is 1. The Hall–Kier alpha value is -2.15. The van der Waals surface area contributed by atoms with Gasteiger partial charge in [-0.2, -0.15) is 0 Å². The largest absolute Gasteiger partial charge is 0.481 e. The fourth-order valence-corrected chi connectivity index (χ4v) is 1.97. The van der Waals surface area contributed by atoms with E-state index in [9.17, 15) is 9.59 Å². The number of carbonyl (C=O) groups is 2. The van der Waals surface area contributed by atoms with Gasteiger partial charge in [0.1, 0.15) is 0 Å². The van der Waals surface area contributed by atoms with Crippen molar-refractivity contribution in [2.75, 3.05) is 34.0 Å². The van der Waals surface area contributed by atoms with Crippen LogP contribution in [0.4, 0.5) is 0 Å². The molecule has 1 unspecified atom stereocenters. The van der Waals surface area contributed by atoms with Gasteiger partial charge in [0, 0.05) is 18.8 Å². The standard InChI is InChI=1S/C13H16N2O5/c1-18-11-4-3-9(7-14-11)12(16)15-5-6-20-8-10(15)13(17)19-2/h3-4,7,10H,5-6,8H2,1-2H3. The van der Waals surface area contributed by atoms with E-state index in [2.05, 4.69) is 4.98 Å². The Morgan fingerprint density at radius 1 is 1.40 bits per heavy atom. The summed E-state index contributed by atoms with van der Waals surface area (Å²) in [4.78, 5) is 29.5. The highest BCUT2D eigenvalue weighted by Crippen LogP contribution is 2.15. The average Bonchev–Trinajstić information content (AvgIpc) is 2.53. The molecule has 0 saturated carbocycles. The lowest BCUT2D eigenvalue weighted by molar-refractivity contribution is -0.151. The number of rotatable bonds is 3. The minimum Gasteiger partial charge on any atom is -0.481 e. The smallest absolute Gasteiger partial charge is 0.331 e. The van der Waals surface area contributed by atoms with Gasteiger partial charge in [0.15, 0.2) is 6.04 Å². The Balaban J connectivity index is 2.18. The van der Waals surface area contributed by atoms with E-state index < -0.39 is 12.0 Å². The van der Waals surface area contributed by atoms with Crippen molar-refractivity contribution in [2.24, 2.45) is 0 Å². The van der Waals surface area contributed by atoms with Gasteiger partial charge in [-0.1, -0.05) is 0 Å². The molecule has 1 atom stereocenters. The average molecular weight is 280 g/mol. The molecule has 1 fully saturated rings. The summed E-state index contributed by atoms with van der Waals surface area (Å²) < 4.78 is 14.9. The van der Waals surface area contributed by atoms with Crippen LogP contribution < -0.4 is 4.74 Å². The topological polar surface area (TPSA) is 78.0 Å². The first-order chi connectivity index (χ1) is 9.67. The zero-order chi connectivity index (χ0) is 14.5. The van der Waals surface area contributed by atoms with Gasteiger partial charge in [0.25, 0.3) is 5.91 Å². The summed E-state index contributed by atoms with van der Waals surface area (Å²) in [6, 6.07) is 2.49. The van der Waals surface area contributed by atoms with Crippen molar-refractivity contribution in [3.05, 3.63) is 23.9 Å². The monoisotopic (exact) mass is 280 g/mol. The van der Waals surface area contributed by atoms with E-state index in [1.165, 1.54) is 25.3 Å². The third-order valence-electron chi connectivity index (χ3n) is 3.06. The Morgan fingerprint density at radius 2 is 2.20 bits per heavy atom. The van der Waals surface area contributed by atoms with Crippen LogP contribution in [-0.4, -0.2) is 61.8 Å². The molecule has 0 aromatic carbocycles. The highest BCUT2D eigenvalue weighted by Gasteiger charge is 2.34. The molecule has 2 heterocycles. The van der Waals surface area contributed by atoms with E-state index in [1.54, 1.807) is 12.1 Å². The molecule has 1 amide bonds. The minimum atomic E-state index is -0.719.